The second-order valence-corrected chi connectivity index (χ2v) is 5.50. The molecule has 16 heavy (non-hydrogen) atoms. The van der Waals surface area contributed by atoms with Gasteiger partial charge in [0.1, 0.15) is 0 Å². The molecule has 0 bridgehead atoms. The summed E-state index contributed by atoms with van der Waals surface area (Å²) in [7, 11) is 1.83. The Morgan fingerprint density at radius 3 is 2.94 bits per heavy atom. The lowest BCUT2D eigenvalue weighted by Crippen LogP contribution is -2.45. The van der Waals surface area contributed by atoms with Crippen molar-refractivity contribution in [2.75, 3.05) is 39.9 Å². The highest BCUT2D eigenvalue weighted by molar-refractivity contribution is 4.96. The highest BCUT2D eigenvalue weighted by atomic mass is 16.5. The molecule has 2 rings (SSSR count). The van der Waals surface area contributed by atoms with E-state index in [1.54, 1.807) is 0 Å². The molecule has 2 fully saturated rings. The van der Waals surface area contributed by atoms with Gasteiger partial charge in [-0.25, -0.2) is 0 Å². The first-order valence-electron chi connectivity index (χ1n) is 6.74. The first-order chi connectivity index (χ1) is 7.78. The van der Waals surface area contributed by atoms with Gasteiger partial charge in [-0.1, -0.05) is 6.92 Å². The average molecular weight is 226 g/mol. The quantitative estimate of drug-likeness (QED) is 0.768. The second kappa shape index (κ2) is 5.48. The van der Waals surface area contributed by atoms with Crippen molar-refractivity contribution in [2.45, 2.75) is 38.1 Å². The van der Waals surface area contributed by atoms with Crippen molar-refractivity contribution in [2.24, 2.45) is 5.92 Å². The molecule has 2 unspecified atom stereocenters. The predicted molar refractivity (Wildman–Crippen MR) is 66.7 cm³/mol. The molecule has 0 spiro atoms. The first kappa shape index (κ1) is 12.3. The van der Waals surface area contributed by atoms with Gasteiger partial charge in [0.25, 0.3) is 0 Å². The molecule has 2 aliphatic heterocycles. The smallest absolute Gasteiger partial charge is 0.0644 e. The van der Waals surface area contributed by atoms with Crippen LogP contribution in [0.3, 0.4) is 0 Å². The lowest BCUT2D eigenvalue weighted by molar-refractivity contribution is 0.103. The van der Waals surface area contributed by atoms with E-state index in [-0.39, 0.29) is 0 Å². The van der Waals surface area contributed by atoms with Gasteiger partial charge in [-0.15, -0.1) is 0 Å². The standard InChI is InChI=1S/C13H26N2O/c1-3-15-8-5-12(10-15)9-13(11-16-2)6-4-7-14-13/h12,14H,3-11H2,1-2H3. The van der Waals surface area contributed by atoms with E-state index in [4.69, 9.17) is 4.74 Å². The van der Waals surface area contributed by atoms with Gasteiger partial charge in [0.2, 0.25) is 0 Å². The molecule has 1 N–H and O–H groups in total. The Bertz CT molecular complexity index is 214. The number of nitrogens with one attached hydrogen (secondary N) is 1. The van der Waals surface area contributed by atoms with Crippen molar-refractivity contribution in [1.29, 1.82) is 0 Å². The molecule has 94 valence electrons. The zero-order valence-electron chi connectivity index (χ0n) is 10.8. The maximum absolute atomic E-state index is 5.42. The summed E-state index contributed by atoms with van der Waals surface area (Å²) in [4.78, 5) is 2.57. The van der Waals surface area contributed by atoms with Crippen molar-refractivity contribution in [1.82, 2.24) is 10.2 Å². The zero-order chi connectivity index (χ0) is 11.4. The number of ether oxygens (including phenoxy) is 1. The first-order valence-corrected chi connectivity index (χ1v) is 6.74. The van der Waals surface area contributed by atoms with Crippen LogP contribution in [0.2, 0.25) is 0 Å². The molecular weight excluding hydrogens is 200 g/mol. The van der Waals surface area contributed by atoms with Crippen molar-refractivity contribution in [3.05, 3.63) is 0 Å². The maximum atomic E-state index is 5.42. The fourth-order valence-corrected chi connectivity index (χ4v) is 3.42. The van der Waals surface area contributed by atoms with Crippen LogP contribution < -0.4 is 5.32 Å². The van der Waals surface area contributed by atoms with E-state index < -0.39 is 0 Å². The molecular formula is C13H26N2O. The van der Waals surface area contributed by atoms with Gasteiger partial charge in [-0.2, -0.15) is 0 Å². The van der Waals surface area contributed by atoms with Gasteiger partial charge in [-0.3, -0.25) is 0 Å². The van der Waals surface area contributed by atoms with Gasteiger partial charge in [0, 0.05) is 19.2 Å². The Hall–Kier alpha value is -0.120. The van der Waals surface area contributed by atoms with E-state index in [2.05, 4.69) is 17.1 Å². The van der Waals surface area contributed by atoms with Crippen LogP contribution in [0.4, 0.5) is 0 Å². The van der Waals surface area contributed by atoms with E-state index in [9.17, 15) is 0 Å². The summed E-state index contributed by atoms with van der Waals surface area (Å²) in [6.45, 7) is 8.12. The maximum Gasteiger partial charge on any atom is 0.0644 e. The molecule has 0 radical (unpaired) electrons. The molecule has 0 aliphatic carbocycles. The van der Waals surface area contributed by atoms with Crippen LogP contribution in [0.5, 0.6) is 0 Å². The van der Waals surface area contributed by atoms with E-state index in [1.807, 2.05) is 7.11 Å². The molecule has 0 aromatic rings. The average Bonchev–Trinajstić information content (AvgIpc) is 2.89. The third kappa shape index (κ3) is 2.76. The normalized spacial score (nSPS) is 36.0. The molecule has 2 aliphatic rings. The van der Waals surface area contributed by atoms with Crippen LogP contribution in [0.1, 0.15) is 32.6 Å². The van der Waals surface area contributed by atoms with Crippen LogP contribution in [0.25, 0.3) is 0 Å². The monoisotopic (exact) mass is 226 g/mol. The van der Waals surface area contributed by atoms with Crippen LogP contribution in [-0.2, 0) is 4.74 Å². The van der Waals surface area contributed by atoms with E-state index in [1.165, 1.54) is 51.9 Å². The minimum atomic E-state index is 0.295. The van der Waals surface area contributed by atoms with Gasteiger partial charge < -0.3 is 15.0 Å². The number of hydrogen-bond acceptors (Lipinski definition) is 3. The Morgan fingerprint density at radius 1 is 1.50 bits per heavy atom. The number of likely N-dealkylation sites (tertiary alicyclic amines) is 1. The van der Waals surface area contributed by atoms with Gasteiger partial charge in [0.05, 0.1) is 6.61 Å². The highest BCUT2D eigenvalue weighted by Gasteiger charge is 2.37. The second-order valence-electron chi connectivity index (χ2n) is 5.50. The molecule has 0 aromatic heterocycles. The summed E-state index contributed by atoms with van der Waals surface area (Å²) in [5.41, 5.74) is 0.295. The van der Waals surface area contributed by atoms with Gasteiger partial charge in [-0.05, 0) is 51.2 Å². The van der Waals surface area contributed by atoms with Gasteiger partial charge >= 0.3 is 0 Å². The number of rotatable bonds is 5. The summed E-state index contributed by atoms with van der Waals surface area (Å²) in [5, 5.41) is 3.69. The Morgan fingerprint density at radius 2 is 2.38 bits per heavy atom. The van der Waals surface area contributed by atoms with Crippen molar-refractivity contribution in [3.63, 3.8) is 0 Å². The highest BCUT2D eigenvalue weighted by Crippen LogP contribution is 2.31. The van der Waals surface area contributed by atoms with Crippen LogP contribution in [-0.4, -0.2) is 50.3 Å². The summed E-state index contributed by atoms with van der Waals surface area (Å²) in [6, 6.07) is 0. The Labute approximate surface area is 99.5 Å². The molecule has 0 amide bonds. The predicted octanol–water partition coefficient (Wildman–Crippen LogP) is 1.49. The van der Waals surface area contributed by atoms with Crippen molar-refractivity contribution >= 4 is 0 Å². The minimum absolute atomic E-state index is 0.295. The van der Waals surface area contributed by atoms with E-state index >= 15 is 0 Å². The number of hydrogen-bond donors (Lipinski definition) is 1. The van der Waals surface area contributed by atoms with Gasteiger partial charge in [0.15, 0.2) is 0 Å². The molecule has 0 saturated carbocycles. The molecule has 2 saturated heterocycles. The van der Waals surface area contributed by atoms with Crippen LogP contribution >= 0.6 is 0 Å². The summed E-state index contributed by atoms with van der Waals surface area (Å²) >= 11 is 0. The minimum Gasteiger partial charge on any atom is -0.383 e. The largest absolute Gasteiger partial charge is 0.383 e. The lowest BCUT2D eigenvalue weighted by Gasteiger charge is -2.31. The van der Waals surface area contributed by atoms with Crippen molar-refractivity contribution < 1.29 is 4.74 Å². The third-order valence-electron chi connectivity index (χ3n) is 4.25. The molecule has 2 atom stereocenters. The fraction of sp³-hybridized carbons (Fsp3) is 1.00. The number of methoxy groups -OCH3 is 1. The summed E-state index contributed by atoms with van der Waals surface area (Å²) in [5.74, 6) is 0.876. The SMILES string of the molecule is CCN1CCC(CC2(COC)CCCN2)C1. The molecule has 3 heteroatoms. The topological polar surface area (TPSA) is 24.5 Å². The zero-order valence-corrected chi connectivity index (χ0v) is 10.8. The molecule has 3 nitrogen and oxygen atoms in total. The summed E-state index contributed by atoms with van der Waals surface area (Å²) < 4.78 is 5.42. The van der Waals surface area contributed by atoms with Crippen LogP contribution in [0.15, 0.2) is 0 Å². The lowest BCUT2D eigenvalue weighted by atomic mass is 9.86. The summed E-state index contributed by atoms with van der Waals surface area (Å²) in [6.07, 6.45) is 5.29. The molecule has 2 heterocycles. The Kier molecular flexibility index (Phi) is 4.22. The molecule has 0 aromatic carbocycles. The number of nitrogens with zero attached hydrogens (tertiary/aromatic N) is 1. The fourth-order valence-electron chi connectivity index (χ4n) is 3.42. The third-order valence-corrected chi connectivity index (χ3v) is 4.25. The van der Waals surface area contributed by atoms with E-state index in [0.717, 1.165) is 12.5 Å². The van der Waals surface area contributed by atoms with E-state index in [0.29, 0.717) is 5.54 Å². The van der Waals surface area contributed by atoms with Crippen LogP contribution in [0, 0.1) is 5.92 Å². The Balaban J connectivity index is 1.86. The van der Waals surface area contributed by atoms with Crippen molar-refractivity contribution in [3.8, 4) is 0 Å².